The van der Waals surface area contributed by atoms with Crippen LogP contribution in [0.15, 0.2) is 66.3 Å². The van der Waals surface area contributed by atoms with E-state index in [4.69, 9.17) is 4.74 Å². The number of hydrogen-bond donors (Lipinski definition) is 0. The number of nitro groups is 1. The van der Waals surface area contributed by atoms with E-state index in [1.165, 1.54) is 23.4 Å². The molecule has 0 bridgehead atoms. The Morgan fingerprint density at radius 3 is 2.44 bits per heavy atom. The minimum absolute atomic E-state index is 0.0789. The van der Waals surface area contributed by atoms with E-state index in [2.05, 4.69) is 36.6 Å². The van der Waals surface area contributed by atoms with Gasteiger partial charge in [-0.25, -0.2) is 4.98 Å². The number of ether oxygens (including phenoxy) is 1. The predicted octanol–water partition coefficient (Wildman–Crippen LogP) is 4.02. The number of rotatable bonds is 7. The van der Waals surface area contributed by atoms with Gasteiger partial charge in [-0.15, -0.1) is 5.10 Å². The highest BCUT2D eigenvalue weighted by atomic mass is 32.1. The number of piperazine rings is 1. The molecule has 0 radical (unpaired) electrons. The molecule has 3 heterocycles. The maximum absolute atomic E-state index is 12.0. The van der Waals surface area contributed by atoms with Gasteiger partial charge in [0.05, 0.1) is 4.92 Å². The van der Waals surface area contributed by atoms with E-state index in [-0.39, 0.29) is 17.4 Å². The lowest BCUT2D eigenvalue weighted by molar-refractivity contribution is -0.385. The Morgan fingerprint density at radius 1 is 1.00 bits per heavy atom. The summed E-state index contributed by atoms with van der Waals surface area (Å²) in [6, 6.07) is 17.4. The van der Waals surface area contributed by atoms with Crippen LogP contribution in [0.5, 0.6) is 11.6 Å². The molecule has 1 aliphatic heterocycles. The van der Waals surface area contributed by atoms with E-state index in [0.717, 1.165) is 30.9 Å². The first-order valence-corrected chi connectivity index (χ1v) is 11.6. The van der Waals surface area contributed by atoms with E-state index in [1.807, 2.05) is 40.6 Å². The molecule has 0 saturated carbocycles. The van der Waals surface area contributed by atoms with Crippen LogP contribution >= 0.6 is 11.5 Å². The van der Waals surface area contributed by atoms with Crippen LogP contribution in [-0.4, -0.2) is 55.6 Å². The Kier molecular flexibility index (Phi) is 6.36. The molecule has 2 aromatic heterocycles. The van der Waals surface area contributed by atoms with Crippen LogP contribution in [0.25, 0.3) is 11.3 Å². The van der Waals surface area contributed by atoms with Crippen LogP contribution < -0.4 is 9.64 Å². The highest BCUT2D eigenvalue weighted by molar-refractivity contribution is 7.03. The third kappa shape index (κ3) is 4.85. The van der Waals surface area contributed by atoms with Crippen molar-refractivity contribution in [3.05, 3.63) is 82.0 Å². The van der Waals surface area contributed by atoms with Gasteiger partial charge in [-0.2, -0.15) is 4.98 Å². The fourth-order valence-corrected chi connectivity index (χ4v) is 4.34. The van der Waals surface area contributed by atoms with Gasteiger partial charge >= 0.3 is 11.6 Å². The normalized spacial score (nSPS) is 14.2. The summed E-state index contributed by atoms with van der Waals surface area (Å²) in [5, 5.41) is 17.9. The molecule has 0 aliphatic carbocycles. The Labute approximate surface area is 199 Å². The molecule has 0 spiro atoms. The molecule has 0 unspecified atom stereocenters. The van der Waals surface area contributed by atoms with Crippen molar-refractivity contribution in [1.82, 2.24) is 24.5 Å². The van der Waals surface area contributed by atoms with Crippen molar-refractivity contribution in [2.24, 2.45) is 0 Å². The van der Waals surface area contributed by atoms with Gasteiger partial charge in [-0.05, 0) is 41.4 Å². The number of hydrogen-bond acceptors (Lipinski definition) is 10. The summed E-state index contributed by atoms with van der Waals surface area (Å²) in [5.41, 5.74) is 2.66. The molecule has 172 valence electrons. The number of nitrogens with zero attached hydrogens (tertiary/aromatic N) is 7. The van der Waals surface area contributed by atoms with Crippen molar-refractivity contribution in [1.29, 1.82) is 0 Å². The third-order valence-corrected chi connectivity index (χ3v) is 6.10. The van der Waals surface area contributed by atoms with Crippen molar-refractivity contribution < 1.29 is 9.66 Å². The molecule has 10 nitrogen and oxygen atoms in total. The van der Waals surface area contributed by atoms with Crippen LogP contribution in [0.3, 0.4) is 0 Å². The highest BCUT2D eigenvalue weighted by Crippen LogP contribution is 2.36. The first-order chi connectivity index (χ1) is 16.7. The lowest BCUT2D eigenvalue weighted by Gasteiger charge is -2.35. The second kappa shape index (κ2) is 9.89. The Balaban J connectivity index is 1.31. The predicted molar refractivity (Wildman–Crippen MR) is 128 cm³/mol. The summed E-state index contributed by atoms with van der Waals surface area (Å²) in [7, 11) is 0. The Hall–Kier alpha value is -3.96. The zero-order valence-corrected chi connectivity index (χ0v) is 19.0. The van der Waals surface area contributed by atoms with Gasteiger partial charge < -0.3 is 9.64 Å². The Bertz CT molecular complexity index is 1250. The maximum Gasteiger partial charge on any atom is 0.373 e. The quantitative estimate of drug-likeness (QED) is 0.289. The van der Waals surface area contributed by atoms with Gasteiger partial charge in [0.2, 0.25) is 5.82 Å². The van der Waals surface area contributed by atoms with E-state index in [1.54, 1.807) is 12.1 Å². The summed E-state index contributed by atoms with van der Waals surface area (Å²) in [6.45, 7) is 3.65. The van der Waals surface area contributed by atoms with Crippen LogP contribution in [0.1, 0.15) is 5.56 Å². The average Bonchev–Trinajstić information content (AvgIpc) is 3.40. The molecule has 0 amide bonds. The van der Waals surface area contributed by atoms with Gasteiger partial charge in [0.15, 0.2) is 0 Å². The number of aromatic nitrogens is 4. The molecule has 4 aromatic rings. The van der Waals surface area contributed by atoms with Gasteiger partial charge in [-0.1, -0.05) is 34.8 Å². The summed E-state index contributed by atoms with van der Waals surface area (Å²) in [5.74, 6) is 0.636. The fourth-order valence-electron chi connectivity index (χ4n) is 3.87. The van der Waals surface area contributed by atoms with Crippen LogP contribution in [-0.2, 0) is 6.54 Å². The first kappa shape index (κ1) is 21.9. The zero-order valence-electron chi connectivity index (χ0n) is 18.1. The molecule has 0 atom stereocenters. The van der Waals surface area contributed by atoms with E-state index < -0.39 is 4.92 Å². The monoisotopic (exact) mass is 475 g/mol. The van der Waals surface area contributed by atoms with Crippen molar-refractivity contribution >= 4 is 23.0 Å². The topological polar surface area (TPSA) is 110 Å². The number of benzene rings is 2. The third-order valence-electron chi connectivity index (χ3n) is 5.60. The van der Waals surface area contributed by atoms with Crippen molar-refractivity contribution in [3.8, 4) is 22.9 Å². The summed E-state index contributed by atoms with van der Waals surface area (Å²) < 4.78 is 9.67. The lowest BCUT2D eigenvalue weighted by atomic mass is 10.2. The molecule has 11 heteroatoms. The summed E-state index contributed by atoms with van der Waals surface area (Å²) in [6.07, 6.45) is 1.31. The lowest BCUT2D eigenvalue weighted by Crippen LogP contribution is -2.46. The van der Waals surface area contributed by atoms with Gasteiger partial charge in [0, 0.05) is 43.7 Å². The molecular weight excluding hydrogens is 454 g/mol. The Morgan fingerprint density at radius 2 is 1.76 bits per heavy atom. The molecule has 1 aliphatic rings. The molecule has 1 saturated heterocycles. The van der Waals surface area contributed by atoms with Crippen molar-refractivity contribution in [2.75, 3.05) is 31.1 Å². The molecule has 2 aromatic carbocycles. The fraction of sp³-hybridized carbons (Fsp3) is 0.217. The average molecular weight is 476 g/mol. The van der Waals surface area contributed by atoms with Gasteiger partial charge in [0.1, 0.15) is 17.8 Å². The second-order valence-corrected chi connectivity index (χ2v) is 8.38. The zero-order chi connectivity index (χ0) is 23.3. The SMILES string of the molecule is O=[N+]([O-])c1c(Oc2ccc(-c3csnn3)cc2)ncnc1N1CCN(Cc2ccccc2)CC1. The molecule has 34 heavy (non-hydrogen) atoms. The minimum atomic E-state index is -0.476. The van der Waals surface area contributed by atoms with Crippen molar-refractivity contribution in [2.45, 2.75) is 6.54 Å². The molecular formula is C23H21N7O3S. The van der Waals surface area contributed by atoms with Crippen LogP contribution in [0.4, 0.5) is 11.5 Å². The maximum atomic E-state index is 12.0. The molecule has 0 N–H and O–H groups in total. The minimum Gasteiger partial charge on any atom is -0.434 e. The summed E-state index contributed by atoms with van der Waals surface area (Å²) >= 11 is 1.27. The second-order valence-electron chi connectivity index (χ2n) is 7.77. The smallest absolute Gasteiger partial charge is 0.373 e. The summed E-state index contributed by atoms with van der Waals surface area (Å²) in [4.78, 5) is 24.1. The van der Waals surface area contributed by atoms with E-state index >= 15 is 0 Å². The molecule has 1 fully saturated rings. The van der Waals surface area contributed by atoms with Crippen LogP contribution in [0, 0.1) is 10.1 Å². The molecule has 5 rings (SSSR count). The first-order valence-electron chi connectivity index (χ1n) is 10.7. The highest BCUT2D eigenvalue weighted by Gasteiger charge is 2.30. The number of anilines is 1. The van der Waals surface area contributed by atoms with Crippen molar-refractivity contribution in [3.63, 3.8) is 0 Å². The van der Waals surface area contributed by atoms with E-state index in [0.29, 0.717) is 18.8 Å². The van der Waals surface area contributed by atoms with Gasteiger partial charge in [-0.3, -0.25) is 15.0 Å². The standard InChI is InChI=1S/C23H21N7O3S/c31-30(32)21-22(29-12-10-28(11-13-29)14-17-4-2-1-3-5-17)24-16-25-23(21)33-19-8-6-18(7-9-19)20-15-34-27-26-20/h1-9,15-16H,10-14H2. The van der Waals surface area contributed by atoms with E-state index in [9.17, 15) is 10.1 Å². The largest absolute Gasteiger partial charge is 0.434 e. The van der Waals surface area contributed by atoms with Crippen LogP contribution in [0.2, 0.25) is 0 Å². The van der Waals surface area contributed by atoms with Gasteiger partial charge in [0.25, 0.3) is 0 Å².